The van der Waals surface area contributed by atoms with Gasteiger partial charge in [0.15, 0.2) is 0 Å². The van der Waals surface area contributed by atoms with Gasteiger partial charge in [0, 0.05) is 36.1 Å². The summed E-state index contributed by atoms with van der Waals surface area (Å²) in [6.07, 6.45) is 1.02. The van der Waals surface area contributed by atoms with E-state index in [1.54, 1.807) is 12.1 Å². The van der Waals surface area contributed by atoms with Crippen LogP contribution in [0.15, 0.2) is 42.5 Å². The lowest BCUT2D eigenvalue weighted by molar-refractivity contribution is 0.553. The number of fused-ring (bicyclic) bond motifs is 1. The summed E-state index contributed by atoms with van der Waals surface area (Å²) in [4.78, 5) is 2.23. The van der Waals surface area contributed by atoms with Gasteiger partial charge in [-0.15, -0.1) is 0 Å². The zero-order valence-electron chi connectivity index (χ0n) is 12.6. The van der Waals surface area contributed by atoms with E-state index in [1.165, 1.54) is 11.3 Å². The predicted molar refractivity (Wildman–Crippen MR) is 85.5 cm³/mol. The minimum Gasteiger partial charge on any atom is -0.341 e. The Morgan fingerprint density at radius 2 is 1.86 bits per heavy atom. The van der Waals surface area contributed by atoms with Crippen LogP contribution in [0, 0.1) is 5.82 Å². The van der Waals surface area contributed by atoms with E-state index < -0.39 is 0 Å². The molecule has 0 spiro atoms. The van der Waals surface area contributed by atoms with E-state index in [2.05, 4.69) is 42.3 Å². The van der Waals surface area contributed by atoms with Gasteiger partial charge in [-0.1, -0.05) is 38.1 Å². The molecule has 0 aliphatic carbocycles. The van der Waals surface area contributed by atoms with Crippen molar-refractivity contribution in [3.05, 3.63) is 59.4 Å². The predicted octanol–water partition coefficient (Wildman–Crippen LogP) is 4.02. The van der Waals surface area contributed by atoms with Crippen LogP contribution in [0.1, 0.15) is 25.0 Å². The molecule has 1 aliphatic heterocycles. The number of para-hydroxylation sites is 1. The third-order valence-corrected chi connectivity index (χ3v) is 3.96. The quantitative estimate of drug-likeness (QED) is 0.912. The van der Waals surface area contributed by atoms with Crippen molar-refractivity contribution in [2.24, 2.45) is 0 Å². The molecule has 0 unspecified atom stereocenters. The monoisotopic (exact) mass is 284 g/mol. The Morgan fingerprint density at radius 1 is 1.10 bits per heavy atom. The molecular formula is C18H21FN2. The molecule has 0 bridgehead atoms. The highest BCUT2D eigenvalue weighted by molar-refractivity contribution is 5.72. The molecule has 2 aromatic carbocycles. The van der Waals surface area contributed by atoms with E-state index in [-0.39, 0.29) is 5.82 Å². The molecule has 0 amide bonds. The second-order valence-corrected chi connectivity index (χ2v) is 5.80. The molecular weight excluding hydrogens is 263 g/mol. The number of halogens is 1. The topological polar surface area (TPSA) is 15.3 Å². The lowest BCUT2D eigenvalue weighted by Gasteiger charge is -2.24. The Bertz CT molecular complexity index is 637. The van der Waals surface area contributed by atoms with Crippen LogP contribution in [-0.2, 0) is 13.0 Å². The molecule has 21 heavy (non-hydrogen) atoms. The van der Waals surface area contributed by atoms with Crippen molar-refractivity contribution in [3.63, 3.8) is 0 Å². The first-order chi connectivity index (χ1) is 10.2. The summed E-state index contributed by atoms with van der Waals surface area (Å²) >= 11 is 0. The average molecular weight is 284 g/mol. The zero-order chi connectivity index (χ0) is 14.8. The van der Waals surface area contributed by atoms with Crippen LogP contribution >= 0.6 is 0 Å². The van der Waals surface area contributed by atoms with E-state index in [1.807, 2.05) is 12.1 Å². The maximum atomic E-state index is 14.3. The molecule has 0 fully saturated rings. The molecule has 2 nitrogen and oxygen atoms in total. The summed E-state index contributed by atoms with van der Waals surface area (Å²) in [5.41, 5.74) is 4.27. The minimum atomic E-state index is -0.134. The number of rotatable bonds is 4. The van der Waals surface area contributed by atoms with E-state index in [9.17, 15) is 4.39 Å². The lowest BCUT2D eigenvalue weighted by atomic mass is 10.1. The lowest BCUT2D eigenvalue weighted by Crippen LogP contribution is -2.25. The molecule has 3 heteroatoms. The largest absolute Gasteiger partial charge is 0.341 e. The maximum Gasteiger partial charge on any atom is 0.129 e. The highest BCUT2D eigenvalue weighted by atomic mass is 19.1. The molecule has 110 valence electrons. The summed E-state index contributed by atoms with van der Waals surface area (Å²) in [6.45, 7) is 5.62. The summed E-state index contributed by atoms with van der Waals surface area (Å²) in [6, 6.07) is 14.1. The molecule has 1 heterocycles. The number of hydrogen-bond donors (Lipinski definition) is 1. The van der Waals surface area contributed by atoms with Crippen molar-refractivity contribution in [2.45, 2.75) is 32.9 Å². The summed E-state index contributed by atoms with van der Waals surface area (Å²) in [5, 5.41) is 3.32. The van der Waals surface area contributed by atoms with Crippen molar-refractivity contribution >= 4 is 11.4 Å². The Balaban J connectivity index is 1.98. The van der Waals surface area contributed by atoms with E-state index >= 15 is 0 Å². The first-order valence-corrected chi connectivity index (χ1v) is 7.53. The molecule has 0 radical (unpaired) electrons. The first-order valence-electron chi connectivity index (χ1n) is 7.53. The van der Waals surface area contributed by atoms with Crippen molar-refractivity contribution in [1.29, 1.82) is 0 Å². The van der Waals surface area contributed by atoms with Crippen LogP contribution in [0.25, 0.3) is 0 Å². The van der Waals surface area contributed by atoms with Gasteiger partial charge in [0.25, 0.3) is 0 Å². The normalized spacial score (nSPS) is 13.8. The summed E-state index contributed by atoms with van der Waals surface area (Å²) < 4.78 is 14.3. The van der Waals surface area contributed by atoms with Gasteiger partial charge in [0.05, 0.1) is 0 Å². The third kappa shape index (κ3) is 2.79. The van der Waals surface area contributed by atoms with Gasteiger partial charge in [-0.05, 0) is 30.2 Å². The minimum absolute atomic E-state index is 0.134. The molecule has 0 atom stereocenters. The van der Waals surface area contributed by atoms with Gasteiger partial charge < -0.3 is 10.2 Å². The average Bonchev–Trinajstić information content (AvgIpc) is 2.89. The molecule has 0 aromatic heterocycles. The number of nitrogens with zero attached hydrogens (tertiary/aromatic N) is 1. The second kappa shape index (κ2) is 5.86. The van der Waals surface area contributed by atoms with Crippen molar-refractivity contribution in [2.75, 3.05) is 11.4 Å². The molecule has 3 rings (SSSR count). The fourth-order valence-corrected chi connectivity index (χ4v) is 2.87. The van der Waals surface area contributed by atoms with Crippen LogP contribution in [0.2, 0.25) is 0 Å². The fraction of sp³-hybridized carbons (Fsp3) is 0.333. The number of anilines is 2. The van der Waals surface area contributed by atoms with Crippen molar-refractivity contribution in [3.8, 4) is 0 Å². The van der Waals surface area contributed by atoms with E-state index in [4.69, 9.17) is 0 Å². The van der Waals surface area contributed by atoms with Crippen molar-refractivity contribution < 1.29 is 4.39 Å². The highest BCUT2D eigenvalue weighted by Gasteiger charge is 2.23. The Kier molecular flexibility index (Phi) is 3.93. The third-order valence-electron chi connectivity index (χ3n) is 3.96. The Labute approximate surface area is 125 Å². The summed E-state index contributed by atoms with van der Waals surface area (Å²) in [5.74, 6) is -0.134. The molecule has 1 N–H and O–H groups in total. The fourth-order valence-electron chi connectivity index (χ4n) is 2.87. The second-order valence-electron chi connectivity index (χ2n) is 5.80. The molecule has 2 aromatic rings. The number of nitrogens with one attached hydrogen (secondary N) is 1. The number of hydrogen-bond acceptors (Lipinski definition) is 2. The van der Waals surface area contributed by atoms with Crippen LogP contribution in [-0.4, -0.2) is 12.6 Å². The molecule has 0 saturated carbocycles. The van der Waals surface area contributed by atoms with E-state index in [0.29, 0.717) is 12.6 Å². The van der Waals surface area contributed by atoms with Crippen LogP contribution in [0.3, 0.4) is 0 Å². The van der Waals surface area contributed by atoms with Gasteiger partial charge in [0.2, 0.25) is 0 Å². The first kappa shape index (κ1) is 14.1. The molecule has 1 aliphatic rings. The van der Waals surface area contributed by atoms with Gasteiger partial charge in [-0.2, -0.15) is 0 Å². The van der Waals surface area contributed by atoms with Crippen molar-refractivity contribution in [1.82, 2.24) is 5.32 Å². The van der Waals surface area contributed by atoms with Gasteiger partial charge in [-0.3, -0.25) is 0 Å². The van der Waals surface area contributed by atoms with Gasteiger partial charge >= 0.3 is 0 Å². The highest BCUT2D eigenvalue weighted by Crippen LogP contribution is 2.36. The van der Waals surface area contributed by atoms with Gasteiger partial charge in [-0.25, -0.2) is 4.39 Å². The zero-order valence-corrected chi connectivity index (χ0v) is 12.6. The standard InChI is InChI=1S/C18H21FN2/c1-13(2)20-12-15-16(19)7-5-9-18(15)21-11-10-14-6-3-4-8-17(14)21/h3-9,13,20H,10-12H2,1-2H3. The van der Waals surface area contributed by atoms with E-state index in [0.717, 1.165) is 24.2 Å². The maximum absolute atomic E-state index is 14.3. The van der Waals surface area contributed by atoms with Crippen LogP contribution in [0.5, 0.6) is 0 Å². The smallest absolute Gasteiger partial charge is 0.129 e. The van der Waals surface area contributed by atoms with Gasteiger partial charge in [0.1, 0.15) is 5.82 Å². The summed E-state index contributed by atoms with van der Waals surface area (Å²) in [7, 11) is 0. The van der Waals surface area contributed by atoms with Crippen LogP contribution < -0.4 is 10.2 Å². The molecule has 0 saturated heterocycles. The Morgan fingerprint density at radius 3 is 2.67 bits per heavy atom. The Hall–Kier alpha value is -1.87. The number of benzene rings is 2. The SMILES string of the molecule is CC(C)NCc1c(F)cccc1N1CCc2ccccc21. The van der Waals surface area contributed by atoms with Crippen LogP contribution in [0.4, 0.5) is 15.8 Å².